The molecule has 0 saturated carbocycles. The van der Waals surface area contributed by atoms with E-state index in [1.165, 1.54) is 0 Å². The molecular weight excluding hydrogens is 236 g/mol. The first-order valence-electron chi connectivity index (χ1n) is 4.14. The second-order valence-corrected chi connectivity index (χ2v) is 17.1. The minimum atomic E-state index is -1.55. The standard InChI is InChI=1S/C5H15O4Si4/c1-6-13(3,4)11(2)8-10-9-12-5-7-12/h12H,5H2,1-4H3. The van der Waals surface area contributed by atoms with Crippen LogP contribution in [0.15, 0.2) is 0 Å². The zero-order valence-corrected chi connectivity index (χ0v) is 12.6. The van der Waals surface area contributed by atoms with Crippen LogP contribution in [0.1, 0.15) is 0 Å². The molecule has 8 heteroatoms. The summed E-state index contributed by atoms with van der Waals surface area (Å²) in [7, 11) is -1.59. The topological polar surface area (TPSA) is 40.2 Å². The lowest BCUT2D eigenvalue weighted by molar-refractivity contribution is 0.406. The minimum Gasteiger partial charge on any atom is -0.435 e. The second kappa shape index (κ2) is 4.98. The van der Waals surface area contributed by atoms with Crippen molar-refractivity contribution in [3.63, 3.8) is 0 Å². The van der Waals surface area contributed by atoms with Gasteiger partial charge in [0.1, 0.15) is 0 Å². The van der Waals surface area contributed by atoms with E-state index in [1.807, 2.05) is 0 Å². The fraction of sp³-hybridized carbons (Fsp3) is 1.00. The molecule has 0 N–H and O–H groups in total. The summed E-state index contributed by atoms with van der Waals surface area (Å²) in [5.41, 5.74) is 0. The van der Waals surface area contributed by atoms with Crippen molar-refractivity contribution in [2.24, 2.45) is 0 Å². The molecule has 75 valence electrons. The monoisotopic (exact) mass is 251 g/mol. The highest BCUT2D eigenvalue weighted by Gasteiger charge is 2.34. The highest BCUT2D eigenvalue weighted by atomic mass is 29.3. The van der Waals surface area contributed by atoms with Gasteiger partial charge in [0.25, 0.3) is 0 Å². The molecule has 13 heavy (non-hydrogen) atoms. The summed E-state index contributed by atoms with van der Waals surface area (Å²) < 4.78 is 21.5. The summed E-state index contributed by atoms with van der Waals surface area (Å²) in [4.78, 5) is 0. The highest BCUT2D eigenvalue weighted by Crippen LogP contribution is 2.09. The summed E-state index contributed by atoms with van der Waals surface area (Å²) >= 11 is 0. The van der Waals surface area contributed by atoms with Gasteiger partial charge < -0.3 is 17.1 Å². The molecule has 1 aliphatic rings. The Hall–Kier alpha value is 0.708. The van der Waals surface area contributed by atoms with Gasteiger partial charge in [-0.2, -0.15) is 0 Å². The van der Waals surface area contributed by atoms with Crippen molar-refractivity contribution in [3.8, 4) is 0 Å². The Morgan fingerprint density at radius 3 is 2.62 bits per heavy atom. The maximum Gasteiger partial charge on any atom is 0.411 e. The number of hydrogen-bond acceptors (Lipinski definition) is 4. The molecule has 0 bridgehead atoms. The highest BCUT2D eigenvalue weighted by molar-refractivity contribution is 7.27. The average Bonchev–Trinajstić information content (AvgIpc) is 2.88. The Balaban J connectivity index is 2.11. The van der Waals surface area contributed by atoms with Crippen LogP contribution < -0.4 is 0 Å². The van der Waals surface area contributed by atoms with E-state index < -0.39 is 25.7 Å². The van der Waals surface area contributed by atoms with Gasteiger partial charge in [0.05, 0.1) is 6.23 Å². The summed E-state index contributed by atoms with van der Waals surface area (Å²) in [6.45, 7) is 6.50. The summed E-state index contributed by atoms with van der Waals surface area (Å²) in [6.07, 6.45) is 0.854. The van der Waals surface area contributed by atoms with Gasteiger partial charge in [-0.05, 0) is 19.6 Å². The number of hydrogen-bond donors (Lipinski definition) is 0. The largest absolute Gasteiger partial charge is 0.435 e. The lowest BCUT2D eigenvalue weighted by Crippen LogP contribution is -2.48. The molecule has 1 heterocycles. The summed E-state index contributed by atoms with van der Waals surface area (Å²) in [6, 6.07) is 0. The zero-order valence-electron chi connectivity index (χ0n) is 8.42. The Morgan fingerprint density at radius 2 is 2.15 bits per heavy atom. The molecule has 0 spiro atoms. The third kappa shape index (κ3) is 4.16. The molecule has 4 nitrogen and oxygen atoms in total. The van der Waals surface area contributed by atoms with Crippen LogP contribution in [-0.2, 0) is 17.1 Å². The van der Waals surface area contributed by atoms with Crippen LogP contribution in [-0.4, -0.2) is 49.0 Å². The van der Waals surface area contributed by atoms with Crippen LogP contribution >= 0.6 is 0 Å². The van der Waals surface area contributed by atoms with Gasteiger partial charge in [0.15, 0.2) is 0 Å². The first-order chi connectivity index (χ1) is 6.06. The van der Waals surface area contributed by atoms with Crippen LogP contribution in [0.3, 0.4) is 0 Å². The molecule has 1 rings (SSSR count). The van der Waals surface area contributed by atoms with Crippen molar-refractivity contribution >= 4 is 35.7 Å². The molecule has 0 aromatic heterocycles. The Kier molecular flexibility index (Phi) is 4.51. The van der Waals surface area contributed by atoms with E-state index in [1.54, 1.807) is 7.11 Å². The maximum absolute atomic E-state index is 5.65. The van der Waals surface area contributed by atoms with E-state index in [0.717, 1.165) is 6.23 Å². The molecule has 0 aromatic carbocycles. The third-order valence-corrected chi connectivity index (χ3v) is 15.0. The zero-order chi connectivity index (χ0) is 9.90. The molecule has 1 unspecified atom stereocenters. The van der Waals surface area contributed by atoms with Gasteiger partial charge >= 0.3 is 19.3 Å². The van der Waals surface area contributed by atoms with E-state index in [2.05, 4.69) is 19.6 Å². The van der Waals surface area contributed by atoms with Crippen molar-refractivity contribution in [2.75, 3.05) is 13.3 Å². The van der Waals surface area contributed by atoms with Crippen molar-refractivity contribution in [1.29, 1.82) is 0 Å². The lowest BCUT2D eigenvalue weighted by Gasteiger charge is -2.24. The minimum absolute atomic E-state index is 0.169. The van der Waals surface area contributed by atoms with Crippen molar-refractivity contribution in [3.05, 3.63) is 0 Å². The third-order valence-electron chi connectivity index (χ3n) is 2.04. The van der Waals surface area contributed by atoms with E-state index in [4.69, 9.17) is 17.1 Å². The van der Waals surface area contributed by atoms with Crippen LogP contribution in [0, 0.1) is 0 Å². The normalized spacial score (nSPS) is 22.4. The van der Waals surface area contributed by atoms with Crippen LogP contribution in [0.25, 0.3) is 0 Å². The quantitative estimate of drug-likeness (QED) is 0.488. The molecule has 1 saturated heterocycles. The molecule has 0 amide bonds. The summed E-state index contributed by atoms with van der Waals surface area (Å²) in [5, 5.41) is 0. The van der Waals surface area contributed by atoms with E-state index in [0.29, 0.717) is 0 Å². The van der Waals surface area contributed by atoms with Gasteiger partial charge in [0.2, 0.25) is 16.4 Å². The summed E-state index contributed by atoms with van der Waals surface area (Å²) in [5.74, 6) is 0. The predicted molar refractivity (Wildman–Crippen MR) is 57.1 cm³/mol. The molecule has 1 atom stereocenters. The fourth-order valence-corrected chi connectivity index (χ4v) is 7.65. The van der Waals surface area contributed by atoms with Crippen molar-refractivity contribution in [2.45, 2.75) is 19.6 Å². The smallest absolute Gasteiger partial charge is 0.411 e. The molecule has 3 radical (unpaired) electrons. The van der Waals surface area contributed by atoms with E-state index in [9.17, 15) is 0 Å². The lowest BCUT2D eigenvalue weighted by atomic mass is 11.7. The predicted octanol–water partition coefficient (Wildman–Crippen LogP) is -0.105. The van der Waals surface area contributed by atoms with E-state index >= 15 is 0 Å². The van der Waals surface area contributed by atoms with Gasteiger partial charge in [0, 0.05) is 7.11 Å². The fourth-order valence-electron chi connectivity index (χ4n) is 0.514. The Labute approximate surface area is 86.1 Å². The number of rotatable bonds is 6. The molecule has 1 aliphatic heterocycles. The molecule has 0 aliphatic carbocycles. The first kappa shape index (κ1) is 11.8. The molecular formula is C5H15O4Si4. The maximum atomic E-state index is 5.65. The van der Waals surface area contributed by atoms with Crippen molar-refractivity contribution in [1.82, 2.24) is 0 Å². The Bertz CT molecular complexity index is 163. The first-order valence-corrected chi connectivity index (χ1v) is 12.5. The van der Waals surface area contributed by atoms with Crippen molar-refractivity contribution < 1.29 is 17.1 Å². The van der Waals surface area contributed by atoms with Crippen LogP contribution in [0.4, 0.5) is 0 Å². The Morgan fingerprint density at radius 1 is 1.54 bits per heavy atom. The van der Waals surface area contributed by atoms with Gasteiger partial charge in [-0.25, -0.2) is 0 Å². The molecule has 0 aromatic rings. The van der Waals surface area contributed by atoms with Gasteiger partial charge in [-0.15, -0.1) is 0 Å². The molecule has 1 fully saturated rings. The van der Waals surface area contributed by atoms with E-state index in [-0.39, 0.29) is 10.0 Å². The van der Waals surface area contributed by atoms with Crippen LogP contribution in [0.5, 0.6) is 0 Å². The second-order valence-electron chi connectivity index (χ2n) is 3.34. The van der Waals surface area contributed by atoms with Gasteiger partial charge in [-0.3, -0.25) is 0 Å². The van der Waals surface area contributed by atoms with Gasteiger partial charge in [-0.1, -0.05) is 0 Å². The van der Waals surface area contributed by atoms with Crippen LogP contribution in [0.2, 0.25) is 19.6 Å². The average molecular weight is 252 g/mol. The SMILES string of the molecule is CO[Si](C)(C)[Si](C)O[Si]O[SiH]1CO1.